The summed E-state index contributed by atoms with van der Waals surface area (Å²) in [5.41, 5.74) is 7.74. The Labute approximate surface area is 96.8 Å². The van der Waals surface area contributed by atoms with Crippen LogP contribution >= 0.6 is 0 Å². The summed E-state index contributed by atoms with van der Waals surface area (Å²) in [6.45, 7) is 0.822. The molecule has 1 aromatic rings. The van der Waals surface area contributed by atoms with Gasteiger partial charge in [0.1, 0.15) is 5.75 Å². The third kappa shape index (κ3) is 1.61. The predicted octanol–water partition coefficient (Wildman–Crippen LogP) is 2.68. The fourth-order valence-corrected chi connectivity index (χ4v) is 2.92. The van der Waals surface area contributed by atoms with Crippen LogP contribution in [-0.2, 0) is 0 Å². The molecule has 2 unspecified atom stereocenters. The summed E-state index contributed by atoms with van der Waals surface area (Å²) < 4.78 is 5.68. The lowest BCUT2D eigenvalue weighted by atomic mass is 9.72. The van der Waals surface area contributed by atoms with Crippen LogP contribution in [0.2, 0.25) is 0 Å². The molecule has 1 aliphatic carbocycles. The summed E-state index contributed by atoms with van der Waals surface area (Å²) in [4.78, 5) is 0. The van der Waals surface area contributed by atoms with Crippen LogP contribution in [0.4, 0.5) is 0 Å². The number of nitrogens with two attached hydrogens (primary N) is 1. The van der Waals surface area contributed by atoms with Crippen molar-refractivity contribution in [3.63, 3.8) is 0 Å². The molecule has 1 heterocycles. The van der Waals surface area contributed by atoms with Gasteiger partial charge in [0, 0.05) is 12.0 Å². The van der Waals surface area contributed by atoms with Gasteiger partial charge in [-0.25, -0.2) is 0 Å². The van der Waals surface area contributed by atoms with E-state index in [1.165, 1.54) is 24.8 Å². The van der Waals surface area contributed by atoms with E-state index >= 15 is 0 Å². The maximum absolute atomic E-state index is 6.41. The molecule has 0 bridgehead atoms. The average molecular weight is 217 g/mol. The highest BCUT2D eigenvalue weighted by atomic mass is 16.5. The lowest BCUT2D eigenvalue weighted by molar-refractivity contribution is 0.194. The van der Waals surface area contributed by atoms with E-state index in [0.717, 1.165) is 24.7 Å². The van der Waals surface area contributed by atoms with Crippen LogP contribution < -0.4 is 10.5 Å². The molecular formula is C14H19NO. The number of rotatable bonds is 2. The molecule has 0 saturated heterocycles. The standard InChI is InChI=1S/C14H19NO/c15-14(10-4-3-5-10)12-8-9-16-13-7-2-1-6-11(12)13/h1-2,6-7,10,12,14H,3-5,8-9,15H2. The number of fused-ring (bicyclic) bond motifs is 1. The molecule has 2 N–H and O–H groups in total. The van der Waals surface area contributed by atoms with Gasteiger partial charge in [-0.05, 0) is 36.8 Å². The van der Waals surface area contributed by atoms with Crippen LogP contribution in [-0.4, -0.2) is 12.6 Å². The summed E-state index contributed by atoms with van der Waals surface area (Å²) >= 11 is 0. The Hall–Kier alpha value is -1.02. The van der Waals surface area contributed by atoms with Crippen molar-refractivity contribution >= 4 is 0 Å². The molecule has 1 fully saturated rings. The highest BCUT2D eigenvalue weighted by Gasteiger charge is 2.34. The van der Waals surface area contributed by atoms with E-state index in [-0.39, 0.29) is 0 Å². The van der Waals surface area contributed by atoms with Crippen LogP contribution in [0.1, 0.15) is 37.2 Å². The van der Waals surface area contributed by atoms with Gasteiger partial charge in [0.25, 0.3) is 0 Å². The molecular weight excluding hydrogens is 198 g/mol. The Bertz CT molecular complexity index is 373. The molecule has 0 aromatic heterocycles. The van der Waals surface area contributed by atoms with Crippen LogP contribution in [0, 0.1) is 5.92 Å². The molecule has 3 rings (SSSR count). The smallest absolute Gasteiger partial charge is 0.122 e. The third-order valence-electron chi connectivity index (χ3n) is 4.16. The van der Waals surface area contributed by atoms with Crippen LogP contribution in [0.3, 0.4) is 0 Å². The van der Waals surface area contributed by atoms with Gasteiger partial charge in [0.2, 0.25) is 0 Å². The van der Waals surface area contributed by atoms with Gasteiger partial charge in [-0.1, -0.05) is 24.6 Å². The zero-order valence-corrected chi connectivity index (χ0v) is 9.56. The van der Waals surface area contributed by atoms with Gasteiger partial charge >= 0.3 is 0 Å². The molecule has 0 radical (unpaired) electrons. The van der Waals surface area contributed by atoms with E-state index in [0.29, 0.717) is 12.0 Å². The van der Waals surface area contributed by atoms with Crippen LogP contribution in [0.25, 0.3) is 0 Å². The largest absolute Gasteiger partial charge is 0.493 e. The molecule has 0 spiro atoms. The Kier molecular flexibility index (Phi) is 2.60. The van der Waals surface area contributed by atoms with E-state index in [4.69, 9.17) is 10.5 Å². The van der Waals surface area contributed by atoms with Crippen molar-refractivity contribution in [1.29, 1.82) is 0 Å². The number of hydrogen-bond acceptors (Lipinski definition) is 2. The molecule has 1 aliphatic heterocycles. The number of hydrogen-bond donors (Lipinski definition) is 1. The van der Waals surface area contributed by atoms with E-state index in [2.05, 4.69) is 18.2 Å². The number of ether oxygens (including phenoxy) is 1. The third-order valence-corrected chi connectivity index (χ3v) is 4.16. The van der Waals surface area contributed by atoms with Crippen molar-refractivity contribution in [1.82, 2.24) is 0 Å². The van der Waals surface area contributed by atoms with E-state index in [1.807, 2.05) is 6.07 Å². The summed E-state index contributed by atoms with van der Waals surface area (Å²) in [7, 11) is 0. The van der Waals surface area contributed by atoms with E-state index < -0.39 is 0 Å². The summed E-state index contributed by atoms with van der Waals surface area (Å²) in [6.07, 6.45) is 5.08. The SMILES string of the molecule is NC(C1CCC1)C1CCOc2ccccc21. The fourth-order valence-electron chi connectivity index (χ4n) is 2.92. The normalized spacial score (nSPS) is 26.4. The number of para-hydroxylation sites is 1. The lowest BCUT2D eigenvalue weighted by Gasteiger charge is -2.38. The molecule has 2 heteroatoms. The monoisotopic (exact) mass is 217 g/mol. The first-order valence-electron chi connectivity index (χ1n) is 6.33. The first-order chi connectivity index (χ1) is 7.86. The minimum absolute atomic E-state index is 0.332. The van der Waals surface area contributed by atoms with Gasteiger partial charge < -0.3 is 10.5 Å². The summed E-state index contributed by atoms with van der Waals surface area (Å²) in [5.74, 6) is 2.31. The molecule has 2 aliphatic rings. The van der Waals surface area contributed by atoms with Gasteiger partial charge in [0.05, 0.1) is 6.61 Å². The van der Waals surface area contributed by atoms with Crippen molar-refractivity contribution in [2.45, 2.75) is 37.6 Å². The van der Waals surface area contributed by atoms with Crippen LogP contribution in [0.5, 0.6) is 5.75 Å². The maximum Gasteiger partial charge on any atom is 0.122 e. The lowest BCUT2D eigenvalue weighted by Crippen LogP contribution is -2.41. The van der Waals surface area contributed by atoms with Gasteiger partial charge in [-0.15, -0.1) is 0 Å². The molecule has 2 atom stereocenters. The minimum Gasteiger partial charge on any atom is -0.493 e. The Morgan fingerprint density at radius 2 is 2.00 bits per heavy atom. The van der Waals surface area contributed by atoms with Crippen molar-refractivity contribution < 1.29 is 4.74 Å². The highest BCUT2D eigenvalue weighted by Crippen LogP contribution is 2.41. The Balaban J connectivity index is 1.86. The first kappa shape index (κ1) is 10.2. The highest BCUT2D eigenvalue weighted by molar-refractivity contribution is 5.38. The average Bonchev–Trinajstić information content (AvgIpc) is 2.26. The summed E-state index contributed by atoms with van der Waals surface area (Å²) in [6, 6.07) is 8.70. The second-order valence-electron chi connectivity index (χ2n) is 5.05. The molecule has 1 aromatic carbocycles. The van der Waals surface area contributed by atoms with Gasteiger partial charge in [0.15, 0.2) is 0 Å². The van der Waals surface area contributed by atoms with E-state index in [9.17, 15) is 0 Å². The fraction of sp³-hybridized carbons (Fsp3) is 0.571. The zero-order valence-electron chi connectivity index (χ0n) is 9.56. The molecule has 2 nitrogen and oxygen atoms in total. The van der Waals surface area contributed by atoms with Crippen molar-refractivity contribution in [3.8, 4) is 5.75 Å². The number of benzene rings is 1. The molecule has 1 saturated carbocycles. The maximum atomic E-state index is 6.41. The second-order valence-corrected chi connectivity index (χ2v) is 5.05. The van der Waals surface area contributed by atoms with E-state index in [1.54, 1.807) is 0 Å². The second kappa shape index (κ2) is 4.10. The first-order valence-corrected chi connectivity index (χ1v) is 6.33. The van der Waals surface area contributed by atoms with Gasteiger partial charge in [-0.3, -0.25) is 0 Å². The molecule has 0 amide bonds. The molecule has 86 valence electrons. The van der Waals surface area contributed by atoms with Gasteiger partial charge in [-0.2, -0.15) is 0 Å². The quantitative estimate of drug-likeness (QED) is 0.826. The van der Waals surface area contributed by atoms with Crippen LogP contribution in [0.15, 0.2) is 24.3 Å². The summed E-state index contributed by atoms with van der Waals surface area (Å²) in [5, 5.41) is 0. The zero-order chi connectivity index (χ0) is 11.0. The molecule has 16 heavy (non-hydrogen) atoms. The van der Waals surface area contributed by atoms with Crippen molar-refractivity contribution in [3.05, 3.63) is 29.8 Å². The van der Waals surface area contributed by atoms with Crippen molar-refractivity contribution in [2.75, 3.05) is 6.61 Å². The van der Waals surface area contributed by atoms with Crippen molar-refractivity contribution in [2.24, 2.45) is 11.7 Å². The predicted molar refractivity (Wildman–Crippen MR) is 64.6 cm³/mol. The Morgan fingerprint density at radius 1 is 1.19 bits per heavy atom. The Morgan fingerprint density at radius 3 is 2.75 bits per heavy atom. The topological polar surface area (TPSA) is 35.2 Å². The minimum atomic E-state index is 0.332.